The summed E-state index contributed by atoms with van der Waals surface area (Å²) < 4.78 is 45.4. The molecule has 2 N–H and O–H groups in total. The molecule has 0 aromatic heterocycles. The van der Waals surface area contributed by atoms with Gasteiger partial charge in [0.1, 0.15) is 11.5 Å². The first-order valence-corrected chi connectivity index (χ1v) is 9.25. The van der Waals surface area contributed by atoms with Crippen LogP contribution in [0.25, 0.3) is 27.7 Å². The molecule has 0 aliphatic heterocycles. The van der Waals surface area contributed by atoms with Gasteiger partial charge < -0.3 is 10.5 Å². The first kappa shape index (κ1) is 19.6. The molecule has 0 aliphatic rings. The number of hydrogen-bond donors (Lipinski definition) is 1. The van der Waals surface area contributed by atoms with Crippen molar-refractivity contribution in [3.8, 4) is 16.9 Å². The molecule has 0 heterocycles. The number of para-hydroxylation sites is 2. The van der Waals surface area contributed by atoms with Crippen molar-refractivity contribution in [1.82, 2.24) is 0 Å². The van der Waals surface area contributed by atoms with Crippen LogP contribution in [0.15, 0.2) is 91.5 Å². The zero-order valence-corrected chi connectivity index (χ0v) is 15.9. The standard InChI is InChI=1S/C25H18F3NO/c1-16(30-24-12-5-4-11-23(24)29)19-13-14-20(22-10-3-2-9-21(19)22)17-7-6-8-18(15-17)25(26,27)28/h2-15H,1,29H2. The molecule has 0 atom stereocenters. The molecule has 0 unspecified atom stereocenters. The highest BCUT2D eigenvalue weighted by molar-refractivity contribution is 6.02. The molecule has 0 saturated heterocycles. The van der Waals surface area contributed by atoms with E-state index in [1.807, 2.05) is 36.4 Å². The molecule has 0 aliphatic carbocycles. The fourth-order valence-corrected chi connectivity index (χ4v) is 3.42. The van der Waals surface area contributed by atoms with Gasteiger partial charge in [0, 0.05) is 5.56 Å². The molecule has 0 radical (unpaired) electrons. The maximum absolute atomic E-state index is 13.2. The average Bonchev–Trinajstić information content (AvgIpc) is 2.74. The third kappa shape index (κ3) is 3.74. The van der Waals surface area contributed by atoms with Crippen LogP contribution in [0.4, 0.5) is 18.9 Å². The van der Waals surface area contributed by atoms with Crippen molar-refractivity contribution in [3.05, 3.63) is 103 Å². The van der Waals surface area contributed by atoms with Gasteiger partial charge in [-0.25, -0.2) is 0 Å². The van der Waals surface area contributed by atoms with E-state index in [0.29, 0.717) is 28.3 Å². The number of nitrogen functional groups attached to an aromatic ring is 1. The number of fused-ring (bicyclic) bond motifs is 1. The maximum Gasteiger partial charge on any atom is 0.416 e. The molecular weight excluding hydrogens is 387 g/mol. The summed E-state index contributed by atoms with van der Waals surface area (Å²) >= 11 is 0. The number of anilines is 1. The Hall–Kier alpha value is -3.73. The fraction of sp³-hybridized carbons (Fsp3) is 0.0400. The van der Waals surface area contributed by atoms with Gasteiger partial charge in [0.2, 0.25) is 0 Å². The Labute approximate surface area is 172 Å². The van der Waals surface area contributed by atoms with Crippen LogP contribution in [0.3, 0.4) is 0 Å². The summed E-state index contributed by atoms with van der Waals surface area (Å²) in [5, 5.41) is 1.63. The van der Waals surface area contributed by atoms with E-state index in [1.54, 1.807) is 30.3 Å². The van der Waals surface area contributed by atoms with Crippen molar-refractivity contribution < 1.29 is 17.9 Å². The van der Waals surface area contributed by atoms with E-state index in [0.717, 1.165) is 28.5 Å². The zero-order valence-electron chi connectivity index (χ0n) is 15.9. The maximum atomic E-state index is 13.2. The van der Waals surface area contributed by atoms with Gasteiger partial charge in [0.05, 0.1) is 11.3 Å². The van der Waals surface area contributed by atoms with E-state index in [4.69, 9.17) is 10.5 Å². The summed E-state index contributed by atoms with van der Waals surface area (Å²) in [4.78, 5) is 0. The number of rotatable bonds is 4. The normalized spacial score (nSPS) is 11.4. The molecule has 0 saturated carbocycles. The van der Waals surface area contributed by atoms with Crippen LogP contribution in [-0.2, 0) is 6.18 Å². The molecule has 150 valence electrons. The van der Waals surface area contributed by atoms with E-state index >= 15 is 0 Å². The smallest absolute Gasteiger partial charge is 0.416 e. The summed E-state index contributed by atoms with van der Waals surface area (Å²) in [6.45, 7) is 4.03. The lowest BCUT2D eigenvalue weighted by molar-refractivity contribution is -0.137. The molecule has 4 aromatic rings. The molecule has 5 heteroatoms. The van der Waals surface area contributed by atoms with Crippen LogP contribution in [-0.4, -0.2) is 0 Å². The van der Waals surface area contributed by atoms with Crippen molar-refractivity contribution in [2.75, 3.05) is 5.73 Å². The first-order valence-electron chi connectivity index (χ1n) is 9.25. The Morgan fingerprint density at radius 3 is 2.23 bits per heavy atom. The summed E-state index contributed by atoms with van der Waals surface area (Å²) in [5.74, 6) is 0.897. The molecule has 4 rings (SSSR count). The second-order valence-electron chi connectivity index (χ2n) is 6.85. The number of alkyl halides is 3. The van der Waals surface area contributed by atoms with E-state index in [1.165, 1.54) is 6.07 Å². The molecule has 0 bridgehead atoms. The monoisotopic (exact) mass is 405 g/mol. The number of ether oxygens (including phenoxy) is 1. The second-order valence-corrected chi connectivity index (χ2v) is 6.85. The van der Waals surface area contributed by atoms with Gasteiger partial charge in [-0.2, -0.15) is 13.2 Å². The van der Waals surface area contributed by atoms with Crippen LogP contribution in [0.5, 0.6) is 5.75 Å². The molecule has 2 nitrogen and oxygen atoms in total. The van der Waals surface area contributed by atoms with Crippen molar-refractivity contribution in [2.24, 2.45) is 0 Å². The number of hydrogen-bond acceptors (Lipinski definition) is 2. The minimum absolute atomic E-state index is 0.402. The predicted octanol–water partition coefficient (Wildman–Crippen LogP) is 7.16. The van der Waals surface area contributed by atoms with Gasteiger partial charge in [-0.15, -0.1) is 0 Å². The number of nitrogens with two attached hydrogens (primary N) is 1. The highest BCUT2D eigenvalue weighted by Crippen LogP contribution is 2.37. The summed E-state index contributed by atoms with van der Waals surface area (Å²) in [5.41, 5.74) is 7.69. The van der Waals surface area contributed by atoms with Gasteiger partial charge in [-0.1, -0.05) is 61.2 Å². The Morgan fingerprint density at radius 1 is 0.800 bits per heavy atom. The number of benzene rings is 4. The fourth-order valence-electron chi connectivity index (χ4n) is 3.42. The Balaban J connectivity index is 1.80. The van der Waals surface area contributed by atoms with E-state index in [-0.39, 0.29) is 0 Å². The van der Waals surface area contributed by atoms with E-state index in [2.05, 4.69) is 6.58 Å². The van der Waals surface area contributed by atoms with Crippen LogP contribution in [0.1, 0.15) is 11.1 Å². The van der Waals surface area contributed by atoms with Crippen LogP contribution in [0, 0.1) is 0 Å². The van der Waals surface area contributed by atoms with Crippen molar-refractivity contribution in [3.63, 3.8) is 0 Å². The molecule has 0 amide bonds. The summed E-state index contributed by atoms with van der Waals surface area (Å²) in [6.07, 6.45) is -4.40. The first-order chi connectivity index (χ1) is 14.3. The minimum atomic E-state index is -4.40. The highest BCUT2D eigenvalue weighted by atomic mass is 19.4. The van der Waals surface area contributed by atoms with Crippen molar-refractivity contribution in [1.29, 1.82) is 0 Å². The molecule has 30 heavy (non-hydrogen) atoms. The Morgan fingerprint density at radius 2 is 1.50 bits per heavy atom. The lowest BCUT2D eigenvalue weighted by Crippen LogP contribution is -2.04. The van der Waals surface area contributed by atoms with Gasteiger partial charge in [-0.3, -0.25) is 0 Å². The van der Waals surface area contributed by atoms with Crippen LogP contribution < -0.4 is 10.5 Å². The minimum Gasteiger partial charge on any atom is -0.455 e. The van der Waals surface area contributed by atoms with E-state index < -0.39 is 11.7 Å². The zero-order chi connectivity index (χ0) is 21.3. The molecule has 4 aromatic carbocycles. The Bertz CT molecular complexity index is 1240. The summed E-state index contributed by atoms with van der Waals surface area (Å²) in [6, 6.07) is 23.5. The largest absolute Gasteiger partial charge is 0.455 e. The average molecular weight is 405 g/mol. The Kier molecular flexibility index (Phi) is 4.96. The molecular formula is C25H18F3NO. The van der Waals surface area contributed by atoms with Gasteiger partial charge in [-0.05, 0) is 52.2 Å². The lowest BCUT2D eigenvalue weighted by Gasteiger charge is -2.16. The van der Waals surface area contributed by atoms with Crippen LogP contribution in [0.2, 0.25) is 0 Å². The molecule has 0 spiro atoms. The van der Waals surface area contributed by atoms with Crippen molar-refractivity contribution in [2.45, 2.75) is 6.18 Å². The second kappa shape index (κ2) is 7.59. The van der Waals surface area contributed by atoms with E-state index in [9.17, 15) is 13.2 Å². The highest BCUT2D eigenvalue weighted by Gasteiger charge is 2.30. The quantitative estimate of drug-likeness (QED) is 0.289. The third-order valence-electron chi connectivity index (χ3n) is 4.88. The van der Waals surface area contributed by atoms with Crippen molar-refractivity contribution >= 4 is 22.2 Å². The SMILES string of the molecule is C=C(Oc1ccccc1N)c1ccc(-c2cccc(C(F)(F)F)c2)c2ccccc12. The summed E-state index contributed by atoms with van der Waals surface area (Å²) in [7, 11) is 0. The predicted molar refractivity (Wildman–Crippen MR) is 115 cm³/mol. The van der Waals surface area contributed by atoms with Gasteiger partial charge >= 0.3 is 6.18 Å². The topological polar surface area (TPSA) is 35.2 Å². The molecule has 0 fully saturated rings. The van der Waals surface area contributed by atoms with Gasteiger partial charge in [0.15, 0.2) is 0 Å². The third-order valence-corrected chi connectivity index (χ3v) is 4.88. The van der Waals surface area contributed by atoms with Gasteiger partial charge in [0.25, 0.3) is 0 Å². The van der Waals surface area contributed by atoms with Crippen LogP contribution >= 0.6 is 0 Å². The lowest BCUT2D eigenvalue weighted by atomic mass is 9.93. The number of halogens is 3.